The van der Waals surface area contributed by atoms with Crippen LogP contribution in [0.3, 0.4) is 0 Å². The lowest BCUT2D eigenvalue weighted by molar-refractivity contribution is 0.102. The largest absolute Gasteiger partial charge is 0.304 e. The number of aromatic nitrogens is 3. The van der Waals surface area contributed by atoms with E-state index in [4.69, 9.17) is 28.5 Å². The summed E-state index contributed by atoms with van der Waals surface area (Å²) in [4.78, 5) is 23.2. The standard InChI is InChI=1S/C11H5Cl2N5O/c12-8-9(13)16-5-17-10(8)18-11(19)7-2-1-6(3-14)4-15-7/h1-2,4-5H,(H,16,17,18,19). The van der Waals surface area contributed by atoms with Crippen LogP contribution in [0.25, 0.3) is 0 Å². The van der Waals surface area contributed by atoms with Crippen LogP contribution < -0.4 is 5.32 Å². The zero-order chi connectivity index (χ0) is 13.8. The monoisotopic (exact) mass is 293 g/mol. The minimum atomic E-state index is -0.513. The zero-order valence-electron chi connectivity index (χ0n) is 9.26. The molecule has 0 aliphatic rings. The SMILES string of the molecule is N#Cc1ccc(C(=O)Nc2ncnc(Cl)c2Cl)nc1. The van der Waals surface area contributed by atoms with Gasteiger partial charge in [-0.25, -0.2) is 15.0 Å². The van der Waals surface area contributed by atoms with Crippen molar-refractivity contribution in [3.8, 4) is 6.07 Å². The molecule has 0 fully saturated rings. The Kier molecular flexibility index (Phi) is 3.90. The number of amides is 1. The maximum atomic E-state index is 11.9. The highest BCUT2D eigenvalue weighted by molar-refractivity contribution is 6.43. The smallest absolute Gasteiger partial charge is 0.275 e. The number of halogens is 2. The van der Waals surface area contributed by atoms with E-state index >= 15 is 0 Å². The molecular weight excluding hydrogens is 289 g/mol. The van der Waals surface area contributed by atoms with Gasteiger partial charge in [0, 0.05) is 6.20 Å². The fourth-order valence-corrected chi connectivity index (χ4v) is 1.48. The average molecular weight is 294 g/mol. The number of rotatable bonds is 2. The first-order valence-electron chi connectivity index (χ1n) is 4.95. The minimum Gasteiger partial charge on any atom is -0.304 e. The van der Waals surface area contributed by atoms with Crippen LogP contribution in [0, 0.1) is 11.3 Å². The molecule has 0 unspecified atom stereocenters. The van der Waals surface area contributed by atoms with E-state index < -0.39 is 5.91 Å². The third-order valence-corrected chi connectivity index (χ3v) is 2.85. The molecule has 0 saturated heterocycles. The lowest BCUT2D eigenvalue weighted by atomic mass is 10.2. The summed E-state index contributed by atoms with van der Waals surface area (Å²) >= 11 is 11.5. The van der Waals surface area contributed by atoms with E-state index in [1.54, 1.807) is 0 Å². The van der Waals surface area contributed by atoms with Crippen molar-refractivity contribution < 1.29 is 4.79 Å². The fourth-order valence-electron chi connectivity index (χ4n) is 1.20. The molecule has 0 aliphatic carbocycles. The van der Waals surface area contributed by atoms with Gasteiger partial charge >= 0.3 is 0 Å². The van der Waals surface area contributed by atoms with E-state index in [0.29, 0.717) is 5.56 Å². The fraction of sp³-hybridized carbons (Fsp3) is 0. The van der Waals surface area contributed by atoms with Crippen LogP contribution in [0.15, 0.2) is 24.7 Å². The third kappa shape index (κ3) is 2.96. The van der Waals surface area contributed by atoms with Crippen molar-refractivity contribution in [1.29, 1.82) is 5.26 Å². The van der Waals surface area contributed by atoms with Gasteiger partial charge in [0.25, 0.3) is 5.91 Å². The Morgan fingerprint density at radius 2 is 2.05 bits per heavy atom. The van der Waals surface area contributed by atoms with Crippen LogP contribution in [-0.2, 0) is 0 Å². The number of anilines is 1. The van der Waals surface area contributed by atoms with E-state index in [0.717, 1.165) is 0 Å². The molecule has 0 bridgehead atoms. The van der Waals surface area contributed by atoms with Gasteiger partial charge in [0.15, 0.2) is 11.0 Å². The van der Waals surface area contributed by atoms with Crippen molar-refractivity contribution in [1.82, 2.24) is 15.0 Å². The quantitative estimate of drug-likeness (QED) is 0.858. The minimum absolute atomic E-state index is 0.0414. The second-order valence-corrected chi connectivity index (χ2v) is 4.06. The molecule has 0 radical (unpaired) electrons. The lowest BCUT2D eigenvalue weighted by Crippen LogP contribution is -2.15. The number of hydrogen-bond donors (Lipinski definition) is 1. The van der Waals surface area contributed by atoms with Gasteiger partial charge in [0.1, 0.15) is 23.1 Å². The molecule has 6 nitrogen and oxygen atoms in total. The summed E-state index contributed by atoms with van der Waals surface area (Å²) < 4.78 is 0. The van der Waals surface area contributed by atoms with Crippen LogP contribution in [-0.4, -0.2) is 20.9 Å². The summed E-state index contributed by atoms with van der Waals surface area (Å²) in [6.07, 6.45) is 2.47. The summed E-state index contributed by atoms with van der Waals surface area (Å²) in [5, 5.41) is 11.2. The molecule has 2 heterocycles. The predicted octanol–water partition coefficient (Wildman–Crippen LogP) is 2.30. The molecule has 2 aromatic heterocycles. The Bertz CT molecular complexity index is 666. The molecule has 0 aliphatic heterocycles. The summed E-state index contributed by atoms with van der Waals surface area (Å²) in [6.45, 7) is 0. The topological polar surface area (TPSA) is 91.6 Å². The van der Waals surface area contributed by atoms with E-state index in [2.05, 4.69) is 20.3 Å². The Balaban J connectivity index is 2.21. The van der Waals surface area contributed by atoms with Gasteiger partial charge in [-0.3, -0.25) is 4.79 Å². The lowest BCUT2D eigenvalue weighted by Gasteiger charge is -2.05. The highest BCUT2D eigenvalue weighted by atomic mass is 35.5. The highest BCUT2D eigenvalue weighted by Gasteiger charge is 2.13. The van der Waals surface area contributed by atoms with E-state index in [1.165, 1.54) is 24.7 Å². The summed E-state index contributed by atoms with van der Waals surface area (Å²) in [5.41, 5.74) is 0.490. The van der Waals surface area contributed by atoms with Crippen molar-refractivity contribution >= 4 is 34.9 Å². The van der Waals surface area contributed by atoms with Gasteiger partial charge in [0.05, 0.1) is 5.56 Å². The van der Waals surface area contributed by atoms with E-state index in [-0.39, 0.29) is 21.7 Å². The predicted molar refractivity (Wildman–Crippen MR) is 69.0 cm³/mol. The Morgan fingerprint density at radius 1 is 1.26 bits per heavy atom. The number of carbonyl (C=O) groups excluding carboxylic acids is 1. The first-order valence-corrected chi connectivity index (χ1v) is 5.71. The molecule has 2 rings (SSSR count). The number of nitrogens with one attached hydrogen (secondary N) is 1. The molecule has 2 aromatic rings. The van der Waals surface area contributed by atoms with Gasteiger partial charge < -0.3 is 5.32 Å². The average Bonchev–Trinajstić information content (AvgIpc) is 2.44. The normalized spacial score (nSPS) is 9.74. The Labute approximate surface area is 118 Å². The van der Waals surface area contributed by atoms with Crippen molar-refractivity contribution in [2.45, 2.75) is 0 Å². The Hall–Kier alpha value is -2.23. The van der Waals surface area contributed by atoms with Gasteiger partial charge in [-0.15, -0.1) is 0 Å². The number of carbonyl (C=O) groups is 1. The van der Waals surface area contributed by atoms with Gasteiger partial charge in [-0.05, 0) is 12.1 Å². The Morgan fingerprint density at radius 3 is 2.68 bits per heavy atom. The van der Waals surface area contributed by atoms with E-state index in [1.807, 2.05) is 6.07 Å². The molecule has 8 heteroatoms. The van der Waals surface area contributed by atoms with Crippen LogP contribution >= 0.6 is 23.2 Å². The number of pyridine rings is 1. The molecule has 1 amide bonds. The van der Waals surface area contributed by atoms with Crippen LogP contribution in [0.2, 0.25) is 10.2 Å². The molecule has 19 heavy (non-hydrogen) atoms. The molecule has 0 atom stereocenters. The van der Waals surface area contributed by atoms with Gasteiger partial charge in [-0.1, -0.05) is 23.2 Å². The summed E-state index contributed by atoms with van der Waals surface area (Å²) in [7, 11) is 0. The van der Waals surface area contributed by atoms with Gasteiger partial charge in [0.2, 0.25) is 0 Å². The van der Waals surface area contributed by atoms with Crippen molar-refractivity contribution in [2.75, 3.05) is 5.32 Å². The van der Waals surface area contributed by atoms with Crippen LogP contribution in [0.1, 0.15) is 16.1 Å². The molecule has 0 spiro atoms. The molecule has 0 saturated carbocycles. The van der Waals surface area contributed by atoms with Gasteiger partial charge in [-0.2, -0.15) is 5.26 Å². The number of nitrogens with zero attached hydrogens (tertiary/aromatic N) is 4. The number of nitriles is 1. The summed E-state index contributed by atoms with van der Waals surface area (Å²) in [6, 6.07) is 4.81. The second-order valence-electron chi connectivity index (χ2n) is 3.33. The third-order valence-electron chi connectivity index (χ3n) is 2.10. The van der Waals surface area contributed by atoms with Crippen molar-refractivity contribution in [3.05, 3.63) is 46.1 Å². The van der Waals surface area contributed by atoms with E-state index in [9.17, 15) is 4.79 Å². The maximum Gasteiger partial charge on any atom is 0.275 e. The van der Waals surface area contributed by atoms with Crippen molar-refractivity contribution in [2.24, 2.45) is 0 Å². The second kappa shape index (κ2) is 5.61. The first-order chi connectivity index (χ1) is 9.11. The molecular formula is C11H5Cl2N5O. The molecule has 0 aromatic carbocycles. The summed E-state index contributed by atoms with van der Waals surface area (Å²) in [5.74, 6) is -0.418. The van der Waals surface area contributed by atoms with Crippen LogP contribution in [0.4, 0.5) is 5.82 Å². The van der Waals surface area contributed by atoms with Crippen molar-refractivity contribution in [3.63, 3.8) is 0 Å². The van der Waals surface area contributed by atoms with Crippen LogP contribution in [0.5, 0.6) is 0 Å². The highest BCUT2D eigenvalue weighted by Crippen LogP contribution is 2.25. The number of hydrogen-bond acceptors (Lipinski definition) is 5. The first kappa shape index (κ1) is 13.2. The molecule has 1 N–H and O–H groups in total. The maximum absolute atomic E-state index is 11.9. The zero-order valence-corrected chi connectivity index (χ0v) is 10.8. The molecule has 94 valence electrons.